The van der Waals surface area contributed by atoms with E-state index < -0.39 is 5.60 Å². The Balaban J connectivity index is 1.76. The number of alkyl carbamates (subject to hydrolysis) is 1. The van der Waals surface area contributed by atoms with Crippen molar-refractivity contribution in [3.8, 4) is 0 Å². The number of nitrogens with one attached hydrogen (secondary N) is 3. The summed E-state index contributed by atoms with van der Waals surface area (Å²) in [4.78, 5) is 22.8. The van der Waals surface area contributed by atoms with Gasteiger partial charge in [0.05, 0.1) is 0 Å². The minimum atomic E-state index is -0.477. The normalized spacial score (nSPS) is 20.2. The second-order valence-corrected chi connectivity index (χ2v) is 6.92. The second-order valence-electron chi connectivity index (χ2n) is 6.92. The van der Waals surface area contributed by atoms with E-state index in [9.17, 15) is 9.59 Å². The van der Waals surface area contributed by atoms with Crippen LogP contribution in [0.1, 0.15) is 40.5 Å². The molecule has 0 aromatic heterocycles. The topological polar surface area (TPSA) is 79.5 Å². The molecule has 6 heteroatoms. The molecule has 23 heavy (non-hydrogen) atoms. The van der Waals surface area contributed by atoms with Crippen LogP contribution in [0.4, 0.5) is 16.2 Å². The van der Waals surface area contributed by atoms with Gasteiger partial charge < -0.3 is 20.7 Å². The zero-order valence-corrected chi connectivity index (χ0v) is 14.1. The fourth-order valence-corrected chi connectivity index (χ4v) is 2.45. The van der Waals surface area contributed by atoms with Gasteiger partial charge in [-0.15, -0.1) is 0 Å². The molecule has 1 fully saturated rings. The van der Waals surface area contributed by atoms with Crippen LogP contribution in [0.3, 0.4) is 0 Å². The van der Waals surface area contributed by atoms with E-state index in [0.29, 0.717) is 6.04 Å². The predicted molar refractivity (Wildman–Crippen MR) is 90.5 cm³/mol. The Morgan fingerprint density at radius 2 is 1.78 bits per heavy atom. The van der Waals surface area contributed by atoms with Crippen molar-refractivity contribution in [1.82, 2.24) is 5.32 Å². The van der Waals surface area contributed by atoms with Gasteiger partial charge in [0.25, 0.3) is 0 Å². The zero-order valence-electron chi connectivity index (χ0n) is 14.1. The highest BCUT2D eigenvalue weighted by atomic mass is 16.6. The minimum Gasteiger partial charge on any atom is -0.444 e. The molecule has 1 saturated carbocycles. The lowest BCUT2D eigenvalue weighted by Crippen LogP contribution is -2.50. The van der Waals surface area contributed by atoms with E-state index in [-0.39, 0.29) is 18.0 Å². The van der Waals surface area contributed by atoms with Gasteiger partial charge in [0, 0.05) is 30.4 Å². The molecule has 0 atom stereocenters. The molecule has 6 nitrogen and oxygen atoms in total. The average Bonchev–Trinajstić information content (AvgIpc) is 2.33. The molecule has 2 amide bonds. The molecule has 0 saturated heterocycles. The van der Waals surface area contributed by atoms with E-state index in [1.165, 1.54) is 6.92 Å². The number of carbonyl (C=O) groups excluding carboxylic acids is 2. The highest BCUT2D eigenvalue weighted by Gasteiger charge is 2.31. The highest BCUT2D eigenvalue weighted by molar-refractivity contribution is 5.89. The van der Waals surface area contributed by atoms with E-state index >= 15 is 0 Å². The van der Waals surface area contributed by atoms with Gasteiger partial charge in [-0.05, 0) is 51.8 Å². The summed E-state index contributed by atoms with van der Waals surface area (Å²) >= 11 is 0. The van der Waals surface area contributed by atoms with E-state index in [0.717, 1.165) is 24.2 Å². The number of carbonyl (C=O) groups is 2. The minimum absolute atomic E-state index is 0.0904. The summed E-state index contributed by atoms with van der Waals surface area (Å²) in [7, 11) is 0. The third-order valence-corrected chi connectivity index (χ3v) is 3.41. The first kappa shape index (κ1) is 17.1. The van der Waals surface area contributed by atoms with Crippen LogP contribution >= 0.6 is 0 Å². The number of hydrogen-bond donors (Lipinski definition) is 3. The van der Waals surface area contributed by atoms with Crippen LogP contribution in [0.5, 0.6) is 0 Å². The van der Waals surface area contributed by atoms with E-state index in [1.807, 2.05) is 45.0 Å². The lowest BCUT2D eigenvalue weighted by molar-refractivity contribution is -0.114. The fourth-order valence-electron chi connectivity index (χ4n) is 2.45. The van der Waals surface area contributed by atoms with Crippen molar-refractivity contribution in [2.75, 3.05) is 10.6 Å². The summed E-state index contributed by atoms with van der Waals surface area (Å²) in [5, 5.41) is 9.03. The van der Waals surface area contributed by atoms with Crippen LogP contribution in [-0.4, -0.2) is 29.7 Å². The van der Waals surface area contributed by atoms with Gasteiger partial charge >= 0.3 is 6.09 Å². The van der Waals surface area contributed by atoms with Crippen LogP contribution < -0.4 is 16.0 Å². The maximum absolute atomic E-state index is 11.7. The summed E-state index contributed by atoms with van der Waals surface area (Å²) in [6.45, 7) is 7.03. The Hall–Kier alpha value is -2.24. The maximum atomic E-state index is 11.7. The Kier molecular flexibility index (Phi) is 5.13. The molecule has 0 unspecified atom stereocenters. The van der Waals surface area contributed by atoms with Crippen molar-refractivity contribution in [1.29, 1.82) is 0 Å². The number of hydrogen-bond acceptors (Lipinski definition) is 4. The number of rotatable bonds is 4. The fraction of sp³-hybridized carbons (Fsp3) is 0.529. The summed E-state index contributed by atoms with van der Waals surface area (Å²) < 4.78 is 5.24. The number of anilines is 2. The predicted octanol–water partition coefficient (Wildman–Crippen LogP) is 3.11. The van der Waals surface area contributed by atoms with Gasteiger partial charge in [-0.25, -0.2) is 4.79 Å². The molecule has 0 bridgehead atoms. The van der Waals surface area contributed by atoms with Crippen molar-refractivity contribution in [2.45, 2.75) is 58.2 Å². The zero-order chi connectivity index (χ0) is 17.0. The first-order valence-electron chi connectivity index (χ1n) is 7.85. The standard InChI is InChI=1S/C17H25N3O3/c1-11(21)18-12-6-5-7-13(8-12)19-14-9-15(10-14)20-16(22)23-17(2,3)4/h5-8,14-15,19H,9-10H2,1-4H3,(H,18,21)(H,20,22). The third kappa shape index (κ3) is 5.81. The van der Waals surface area contributed by atoms with Crippen LogP contribution in [0, 0.1) is 0 Å². The Morgan fingerprint density at radius 3 is 2.39 bits per heavy atom. The van der Waals surface area contributed by atoms with Gasteiger partial charge in [-0.2, -0.15) is 0 Å². The number of amides is 2. The lowest BCUT2D eigenvalue weighted by Gasteiger charge is -2.37. The molecule has 1 aromatic carbocycles. The quantitative estimate of drug-likeness (QED) is 0.796. The van der Waals surface area contributed by atoms with Gasteiger partial charge in [0.2, 0.25) is 5.91 Å². The largest absolute Gasteiger partial charge is 0.444 e. The Bertz CT molecular complexity index is 575. The van der Waals surface area contributed by atoms with E-state index in [2.05, 4.69) is 16.0 Å². The molecule has 1 aliphatic rings. The first-order valence-corrected chi connectivity index (χ1v) is 7.85. The van der Waals surface area contributed by atoms with Crippen molar-refractivity contribution >= 4 is 23.4 Å². The van der Waals surface area contributed by atoms with Crippen LogP contribution in [0.2, 0.25) is 0 Å². The molecule has 0 heterocycles. The summed E-state index contributed by atoms with van der Waals surface area (Å²) in [6.07, 6.45) is 1.33. The van der Waals surface area contributed by atoms with E-state index in [4.69, 9.17) is 4.74 Å². The summed E-state index contributed by atoms with van der Waals surface area (Å²) in [5.41, 5.74) is 1.25. The molecule has 0 radical (unpaired) electrons. The second kappa shape index (κ2) is 6.89. The summed E-state index contributed by atoms with van der Waals surface area (Å²) in [6, 6.07) is 8.04. The lowest BCUT2D eigenvalue weighted by atomic mass is 9.86. The molecular formula is C17H25N3O3. The Morgan fingerprint density at radius 1 is 1.13 bits per heavy atom. The monoisotopic (exact) mass is 319 g/mol. The van der Waals surface area contributed by atoms with E-state index in [1.54, 1.807) is 0 Å². The molecule has 126 valence electrons. The van der Waals surface area contributed by atoms with Crippen LogP contribution in [0.15, 0.2) is 24.3 Å². The first-order chi connectivity index (χ1) is 10.7. The molecular weight excluding hydrogens is 294 g/mol. The van der Waals surface area contributed by atoms with Gasteiger partial charge in [0.15, 0.2) is 0 Å². The molecule has 0 aliphatic heterocycles. The Labute approximate surface area is 137 Å². The smallest absolute Gasteiger partial charge is 0.407 e. The maximum Gasteiger partial charge on any atom is 0.407 e. The molecule has 3 N–H and O–H groups in total. The average molecular weight is 319 g/mol. The molecule has 0 spiro atoms. The van der Waals surface area contributed by atoms with Crippen LogP contribution in [0.25, 0.3) is 0 Å². The van der Waals surface area contributed by atoms with Crippen molar-refractivity contribution in [2.24, 2.45) is 0 Å². The highest BCUT2D eigenvalue weighted by Crippen LogP contribution is 2.26. The molecule has 2 rings (SSSR count). The van der Waals surface area contributed by atoms with Crippen molar-refractivity contribution in [3.63, 3.8) is 0 Å². The number of benzene rings is 1. The SMILES string of the molecule is CC(=O)Nc1cccc(NC2CC(NC(=O)OC(C)(C)C)C2)c1. The van der Waals surface area contributed by atoms with Gasteiger partial charge in [-0.3, -0.25) is 4.79 Å². The molecule has 1 aliphatic carbocycles. The van der Waals surface area contributed by atoms with Crippen molar-refractivity contribution in [3.05, 3.63) is 24.3 Å². The summed E-state index contributed by atoms with van der Waals surface area (Å²) in [5.74, 6) is -0.0904. The van der Waals surface area contributed by atoms with Crippen LogP contribution in [-0.2, 0) is 9.53 Å². The molecule has 1 aromatic rings. The van der Waals surface area contributed by atoms with Gasteiger partial charge in [0.1, 0.15) is 5.60 Å². The van der Waals surface area contributed by atoms with Gasteiger partial charge in [-0.1, -0.05) is 6.07 Å². The van der Waals surface area contributed by atoms with Crippen molar-refractivity contribution < 1.29 is 14.3 Å². The number of ether oxygens (including phenoxy) is 1. The third-order valence-electron chi connectivity index (χ3n) is 3.41.